The first kappa shape index (κ1) is 13.5. The number of aliphatic hydroxyl groups excluding tert-OH is 1. The Morgan fingerprint density at radius 3 is 2.82 bits per heavy atom. The Morgan fingerprint density at radius 1 is 1.65 bits per heavy atom. The van der Waals surface area contributed by atoms with Gasteiger partial charge in [-0.2, -0.15) is 10.4 Å². The minimum Gasteiger partial charge on any atom is -0.389 e. The highest BCUT2D eigenvalue weighted by atomic mass is 16.5. The molecule has 0 aliphatic rings. The van der Waals surface area contributed by atoms with Gasteiger partial charge in [0.1, 0.15) is 17.5 Å². The molecule has 0 aliphatic heterocycles. The van der Waals surface area contributed by atoms with E-state index in [0.29, 0.717) is 23.6 Å². The highest BCUT2D eigenvalue weighted by Crippen LogP contribution is 2.21. The van der Waals surface area contributed by atoms with Gasteiger partial charge in [-0.25, -0.2) is 0 Å². The lowest BCUT2D eigenvalue weighted by molar-refractivity contribution is 0.0693. The number of rotatable bonds is 5. The molecule has 0 fully saturated rings. The number of anilines is 1. The molecule has 1 atom stereocenters. The average Bonchev–Trinajstić information content (AvgIpc) is 2.52. The van der Waals surface area contributed by atoms with Crippen molar-refractivity contribution >= 4 is 5.82 Å². The number of ether oxygens (including phenoxy) is 1. The molecule has 0 bridgehead atoms. The third-order valence-electron chi connectivity index (χ3n) is 2.51. The van der Waals surface area contributed by atoms with Crippen molar-refractivity contribution in [3.8, 4) is 6.07 Å². The molecule has 1 aromatic rings. The number of nitriles is 1. The smallest absolute Gasteiger partial charge is 0.144 e. The molecular weight excluding hydrogens is 220 g/mol. The molecule has 1 rings (SSSR count). The zero-order chi connectivity index (χ0) is 13.0. The van der Waals surface area contributed by atoms with E-state index in [-0.39, 0.29) is 6.61 Å². The first-order valence-electron chi connectivity index (χ1n) is 5.33. The Hall–Kier alpha value is -1.58. The second-order valence-corrected chi connectivity index (χ2v) is 4.01. The average molecular weight is 238 g/mol. The summed E-state index contributed by atoms with van der Waals surface area (Å²) in [5.41, 5.74) is 1.23. The Morgan fingerprint density at radius 2 is 2.29 bits per heavy atom. The van der Waals surface area contributed by atoms with Crippen LogP contribution in [-0.4, -0.2) is 48.3 Å². The van der Waals surface area contributed by atoms with E-state index in [2.05, 4.69) is 11.2 Å². The van der Waals surface area contributed by atoms with Gasteiger partial charge in [0.15, 0.2) is 0 Å². The fraction of sp³-hybridized carbons (Fsp3) is 0.636. The predicted molar refractivity (Wildman–Crippen MR) is 63.8 cm³/mol. The molecule has 1 N–H and O–H groups in total. The quantitative estimate of drug-likeness (QED) is 0.784. The topological polar surface area (TPSA) is 74.3 Å². The Balaban J connectivity index is 2.89. The van der Waals surface area contributed by atoms with E-state index in [1.165, 1.54) is 7.11 Å². The SMILES string of the molecule is COCC(O)CN(C)c1c(C#N)c(C)nn1C. The van der Waals surface area contributed by atoms with Crippen LogP contribution in [0.25, 0.3) is 0 Å². The molecule has 6 heteroatoms. The first-order chi connectivity index (χ1) is 8.01. The number of aliphatic hydroxyl groups is 1. The summed E-state index contributed by atoms with van der Waals surface area (Å²) in [6.45, 7) is 2.45. The number of aromatic nitrogens is 2. The lowest BCUT2D eigenvalue weighted by Gasteiger charge is -2.22. The standard InChI is InChI=1S/C11H18N4O2/c1-8-10(5-12)11(15(3)13-8)14(2)6-9(16)7-17-4/h9,16H,6-7H2,1-4H3. The summed E-state index contributed by atoms with van der Waals surface area (Å²) >= 11 is 0. The third kappa shape index (κ3) is 2.96. The molecule has 1 unspecified atom stereocenters. The summed E-state index contributed by atoms with van der Waals surface area (Å²) in [5.74, 6) is 0.708. The monoisotopic (exact) mass is 238 g/mol. The molecule has 0 amide bonds. The second-order valence-electron chi connectivity index (χ2n) is 4.01. The molecule has 0 aliphatic carbocycles. The van der Waals surface area contributed by atoms with Gasteiger partial charge in [-0.15, -0.1) is 0 Å². The molecule has 0 aromatic carbocycles. The molecule has 0 saturated carbocycles. The number of hydrogen-bond donors (Lipinski definition) is 1. The van der Waals surface area contributed by atoms with Gasteiger partial charge >= 0.3 is 0 Å². The molecule has 0 radical (unpaired) electrons. The fourth-order valence-electron chi connectivity index (χ4n) is 1.86. The van der Waals surface area contributed by atoms with Crippen LogP contribution >= 0.6 is 0 Å². The lowest BCUT2D eigenvalue weighted by Crippen LogP contribution is -2.33. The van der Waals surface area contributed by atoms with Gasteiger partial charge in [-0.05, 0) is 6.92 Å². The molecule has 1 aromatic heterocycles. The largest absolute Gasteiger partial charge is 0.389 e. The zero-order valence-electron chi connectivity index (χ0n) is 10.6. The van der Waals surface area contributed by atoms with E-state index < -0.39 is 6.10 Å². The first-order valence-corrected chi connectivity index (χ1v) is 5.33. The van der Waals surface area contributed by atoms with E-state index in [4.69, 9.17) is 10.00 Å². The molecule has 0 spiro atoms. The summed E-state index contributed by atoms with van der Waals surface area (Å²) in [4.78, 5) is 1.81. The van der Waals surface area contributed by atoms with Crippen molar-refractivity contribution in [1.82, 2.24) is 9.78 Å². The van der Waals surface area contributed by atoms with E-state index in [1.807, 2.05) is 11.9 Å². The number of nitrogens with zero attached hydrogens (tertiary/aromatic N) is 4. The van der Waals surface area contributed by atoms with Gasteiger partial charge in [-0.3, -0.25) is 4.68 Å². The van der Waals surface area contributed by atoms with Crippen molar-refractivity contribution in [1.29, 1.82) is 5.26 Å². The maximum absolute atomic E-state index is 9.66. The van der Waals surface area contributed by atoms with Crippen molar-refractivity contribution in [3.63, 3.8) is 0 Å². The van der Waals surface area contributed by atoms with E-state index in [1.54, 1.807) is 18.7 Å². The van der Waals surface area contributed by atoms with Crippen molar-refractivity contribution < 1.29 is 9.84 Å². The van der Waals surface area contributed by atoms with Crippen molar-refractivity contribution in [2.75, 3.05) is 32.2 Å². The number of aryl methyl sites for hydroxylation is 2. The van der Waals surface area contributed by atoms with Crippen LogP contribution in [0.5, 0.6) is 0 Å². The second kappa shape index (κ2) is 5.66. The van der Waals surface area contributed by atoms with Gasteiger partial charge in [0, 0.05) is 27.7 Å². The van der Waals surface area contributed by atoms with Gasteiger partial charge in [-0.1, -0.05) is 0 Å². The van der Waals surface area contributed by atoms with Gasteiger partial charge in [0.25, 0.3) is 0 Å². The minimum absolute atomic E-state index is 0.267. The highest BCUT2D eigenvalue weighted by Gasteiger charge is 2.18. The molecule has 6 nitrogen and oxygen atoms in total. The van der Waals surface area contributed by atoms with Gasteiger partial charge in [0.2, 0.25) is 0 Å². The lowest BCUT2D eigenvalue weighted by atomic mass is 10.2. The number of likely N-dealkylation sites (N-methyl/N-ethyl adjacent to an activating group) is 1. The molecule has 1 heterocycles. The minimum atomic E-state index is -0.591. The number of methoxy groups -OCH3 is 1. The predicted octanol–water partition coefficient (Wildman–Crippen LogP) is 0.0437. The Kier molecular flexibility index (Phi) is 4.49. The van der Waals surface area contributed by atoms with Gasteiger partial charge < -0.3 is 14.7 Å². The normalized spacial score (nSPS) is 12.2. The molecule has 94 valence electrons. The maximum Gasteiger partial charge on any atom is 0.144 e. The summed E-state index contributed by atoms with van der Waals surface area (Å²) in [6, 6.07) is 2.13. The summed E-state index contributed by atoms with van der Waals surface area (Å²) < 4.78 is 6.51. The van der Waals surface area contributed by atoms with Crippen LogP contribution in [0.2, 0.25) is 0 Å². The molecule has 0 saturated heterocycles. The van der Waals surface area contributed by atoms with Crippen LogP contribution < -0.4 is 4.90 Å². The number of hydrogen-bond acceptors (Lipinski definition) is 5. The fourth-order valence-corrected chi connectivity index (χ4v) is 1.86. The molecule has 17 heavy (non-hydrogen) atoms. The van der Waals surface area contributed by atoms with Gasteiger partial charge in [0.05, 0.1) is 18.4 Å². The van der Waals surface area contributed by atoms with Crippen LogP contribution in [-0.2, 0) is 11.8 Å². The Labute approximate surface area is 101 Å². The van der Waals surface area contributed by atoms with Crippen LogP contribution in [0.4, 0.5) is 5.82 Å². The van der Waals surface area contributed by atoms with Crippen molar-refractivity contribution in [2.24, 2.45) is 7.05 Å². The third-order valence-corrected chi connectivity index (χ3v) is 2.51. The van der Waals surface area contributed by atoms with E-state index in [0.717, 1.165) is 0 Å². The van der Waals surface area contributed by atoms with E-state index in [9.17, 15) is 5.11 Å². The van der Waals surface area contributed by atoms with Crippen LogP contribution in [0.3, 0.4) is 0 Å². The molecular formula is C11H18N4O2. The highest BCUT2D eigenvalue weighted by molar-refractivity contribution is 5.56. The van der Waals surface area contributed by atoms with E-state index >= 15 is 0 Å². The van der Waals surface area contributed by atoms with Crippen LogP contribution in [0.1, 0.15) is 11.3 Å². The van der Waals surface area contributed by atoms with Crippen LogP contribution in [0, 0.1) is 18.3 Å². The maximum atomic E-state index is 9.66. The zero-order valence-corrected chi connectivity index (χ0v) is 10.6. The summed E-state index contributed by atoms with van der Waals surface area (Å²) in [5, 5.41) is 22.9. The summed E-state index contributed by atoms with van der Waals surface area (Å²) in [7, 11) is 5.14. The van der Waals surface area contributed by atoms with Crippen LogP contribution in [0.15, 0.2) is 0 Å². The van der Waals surface area contributed by atoms with Crippen molar-refractivity contribution in [2.45, 2.75) is 13.0 Å². The summed E-state index contributed by atoms with van der Waals surface area (Å²) in [6.07, 6.45) is -0.591. The van der Waals surface area contributed by atoms with Crippen molar-refractivity contribution in [3.05, 3.63) is 11.3 Å². The Bertz CT molecular complexity index is 422.